The van der Waals surface area contributed by atoms with E-state index in [9.17, 15) is 0 Å². The zero-order valence-electron chi connectivity index (χ0n) is 13.0. The number of rotatable bonds is 6. The average Bonchev–Trinajstić information content (AvgIpc) is 2.94. The first-order valence-corrected chi connectivity index (χ1v) is 7.55. The van der Waals surface area contributed by atoms with E-state index in [0.717, 1.165) is 49.4 Å². The van der Waals surface area contributed by atoms with E-state index in [1.165, 1.54) is 6.42 Å². The lowest BCUT2D eigenvalue weighted by Gasteiger charge is -2.22. The molecule has 112 valence electrons. The normalized spacial score (nSPS) is 18.6. The molecule has 0 aliphatic carbocycles. The minimum Gasteiger partial charge on any atom is -0.490 e. The molecule has 0 spiro atoms. The van der Waals surface area contributed by atoms with E-state index in [1.54, 1.807) is 13.4 Å². The summed E-state index contributed by atoms with van der Waals surface area (Å²) in [5, 5.41) is 3.31. The van der Waals surface area contributed by atoms with Crippen LogP contribution in [0.1, 0.15) is 33.6 Å². The fourth-order valence-corrected chi connectivity index (χ4v) is 2.67. The van der Waals surface area contributed by atoms with Crippen molar-refractivity contribution in [3.05, 3.63) is 6.33 Å². The maximum atomic E-state index is 5.55. The SMILES string of the molecule is CCCNc1ncnc(N2CCC(C(C)C)C2)c1OC. The number of hydrogen-bond donors (Lipinski definition) is 1. The fraction of sp³-hybridized carbons (Fsp3) is 0.733. The van der Waals surface area contributed by atoms with E-state index in [2.05, 4.69) is 41.0 Å². The molecule has 5 nitrogen and oxygen atoms in total. The van der Waals surface area contributed by atoms with E-state index >= 15 is 0 Å². The van der Waals surface area contributed by atoms with Crippen molar-refractivity contribution >= 4 is 11.6 Å². The van der Waals surface area contributed by atoms with Crippen LogP contribution in [0.4, 0.5) is 11.6 Å². The number of nitrogens with zero attached hydrogens (tertiary/aromatic N) is 3. The molecule has 1 saturated heterocycles. The summed E-state index contributed by atoms with van der Waals surface area (Å²) in [5.41, 5.74) is 0. The number of aromatic nitrogens is 2. The Morgan fingerprint density at radius 1 is 1.45 bits per heavy atom. The molecule has 0 saturated carbocycles. The van der Waals surface area contributed by atoms with Gasteiger partial charge in [-0.2, -0.15) is 0 Å². The molecule has 0 amide bonds. The third kappa shape index (κ3) is 3.14. The van der Waals surface area contributed by atoms with Gasteiger partial charge in [0, 0.05) is 19.6 Å². The summed E-state index contributed by atoms with van der Waals surface area (Å²) >= 11 is 0. The second kappa shape index (κ2) is 6.77. The van der Waals surface area contributed by atoms with Crippen molar-refractivity contribution in [1.82, 2.24) is 9.97 Å². The van der Waals surface area contributed by atoms with Crippen LogP contribution in [0.3, 0.4) is 0 Å². The summed E-state index contributed by atoms with van der Waals surface area (Å²) < 4.78 is 5.55. The summed E-state index contributed by atoms with van der Waals surface area (Å²) in [7, 11) is 1.69. The zero-order chi connectivity index (χ0) is 14.5. The summed E-state index contributed by atoms with van der Waals surface area (Å²) in [6.45, 7) is 9.71. The summed E-state index contributed by atoms with van der Waals surface area (Å²) in [6, 6.07) is 0. The Balaban J connectivity index is 2.19. The highest BCUT2D eigenvalue weighted by Gasteiger charge is 2.28. The Morgan fingerprint density at radius 3 is 2.85 bits per heavy atom. The van der Waals surface area contributed by atoms with Crippen molar-refractivity contribution in [2.75, 3.05) is 37.0 Å². The van der Waals surface area contributed by atoms with Gasteiger partial charge >= 0.3 is 0 Å². The van der Waals surface area contributed by atoms with Crippen LogP contribution in [-0.2, 0) is 0 Å². The summed E-state index contributed by atoms with van der Waals surface area (Å²) in [4.78, 5) is 11.1. The lowest BCUT2D eigenvalue weighted by atomic mass is 9.95. The third-order valence-electron chi connectivity index (χ3n) is 4.00. The van der Waals surface area contributed by atoms with Gasteiger partial charge < -0.3 is 15.0 Å². The second-order valence-electron chi connectivity index (χ2n) is 5.74. The van der Waals surface area contributed by atoms with Crippen LogP contribution < -0.4 is 15.0 Å². The smallest absolute Gasteiger partial charge is 0.204 e. The average molecular weight is 278 g/mol. The van der Waals surface area contributed by atoms with Crippen molar-refractivity contribution < 1.29 is 4.74 Å². The number of methoxy groups -OCH3 is 1. The van der Waals surface area contributed by atoms with Crippen LogP contribution in [0.25, 0.3) is 0 Å². The Kier molecular flexibility index (Phi) is 5.04. The van der Waals surface area contributed by atoms with Gasteiger partial charge in [0.05, 0.1) is 7.11 Å². The Morgan fingerprint density at radius 2 is 2.25 bits per heavy atom. The number of hydrogen-bond acceptors (Lipinski definition) is 5. The molecular formula is C15H26N4O. The summed E-state index contributed by atoms with van der Waals surface area (Å²) in [6.07, 6.45) is 3.91. The van der Waals surface area contributed by atoms with Gasteiger partial charge in [0.2, 0.25) is 5.75 Å². The number of anilines is 2. The molecule has 1 fully saturated rings. The fourth-order valence-electron chi connectivity index (χ4n) is 2.67. The molecule has 1 aliphatic rings. The maximum Gasteiger partial charge on any atom is 0.204 e. The Labute approximate surface area is 121 Å². The van der Waals surface area contributed by atoms with E-state index in [4.69, 9.17) is 4.74 Å². The quantitative estimate of drug-likeness (QED) is 0.867. The van der Waals surface area contributed by atoms with Gasteiger partial charge in [-0.05, 0) is 24.7 Å². The van der Waals surface area contributed by atoms with Gasteiger partial charge in [-0.25, -0.2) is 9.97 Å². The number of nitrogens with one attached hydrogen (secondary N) is 1. The van der Waals surface area contributed by atoms with Crippen molar-refractivity contribution in [2.45, 2.75) is 33.6 Å². The molecular weight excluding hydrogens is 252 g/mol. The van der Waals surface area contributed by atoms with Crippen molar-refractivity contribution in [2.24, 2.45) is 11.8 Å². The van der Waals surface area contributed by atoms with E-state index in [0.29, 0.717) is 5.92 Å². The summed E-state index contributed by atoms with van der Waals surface area (Å²) in [5.74, 6) is 3.94. The first-order valence-electron chi connectivity index (χ1n) is 7.55. The minimum atomic E-state index is 0.713. The van der Waals surface area contributed by atoms with Crippen molar-refractivity contribution in [3.8, 4) is 5.75 Å². The predicted molar refractivity (Wildman–Crippen MR) is 82.5 cm³/mol. The van der Waals surface area contributed by atoms with Crippen LogP contribution in [-0.4, -0.2) is 36.7 Å². The molecule has 1 aromatic heterocycles. The molecule has 2 heterocycles. The molecule has 1 unspecified atom stereocenters. The second-order valence-corrected chi connectivity index (χ2v) is 5.74. The van der Waals surface area contributed by atoms with Gasteiger partial charge in [-0.1, -0.05) is 20.8 Å². The van der Waals surface area contributed by atoms with Crippen LogP contribution in [0.15, 0.2) is 6.33 Å². The molecule has 1 aromatic rings. The van der Waals surface area contributed by atoms with Crippen LogP contribution in [0, 0.1) is 11.8 Å². The topological polar surface area (TPSA) is 50.3 Å². The molecule has 0 bridgehead atoms. The maximum absolute atomic E-state index is 5.55. The van der Waals surface area contributed by atoms with E-state index in [-0.39, 0.29) is 0 Å². The number of ether oxygens (including phenoxy) is 1. The molecule has 0 aromatic carbocycles. The first kappa shape index (κ1) is 14.9. The highest BCUT2D eigenvalue weighted by molar-refractivity contribution is 5.65. The minimum absolute atomic E-state index is 0.713. The highest BCUT2D eigenvalue weighted by Crippen LogP contribution is 2.36. The Bertz CT molecular complexity index is 436. The highest BCUT2D eigenvalue weighted by atomic mass is 16.5. The van der Waals surface area contributed by atoms with Gasteiger partial charge in [0.1, 0.15) is 6.33 Å². The van der Waals surface area contributed by atoms with Crippen LogP contribution >= 0.6 is 0 Å². The molecule has 5 heteroatoms. The predicted octanol–water partition coefficient (Wildman–Crippen LogP) is 2.79. The largest absolute Gasteiger partial charge is 0.490 e. The van der Waals surface area contributed by atoms with Gasteiger partial charge in [0.15, 0.2) is 11.6 Å². The standard InChI is InChI=1S/C15H26N4O/c1-5-7-16-14-13(20-4)15(18-10-17-14)19-8-6-12(9-19)11(2)3/h10-12H,5-9H2,1-4H3,(H,16,17,18). The molecule has 2 rings (SSSR count). The van der Waals surface area contributed by atoms with Crippen molar-refractivity contribution in [1.29, 1.82) is 0 Å². The molecule has 0 radical (unpaired) electrons. The first-order chi connectivity index (χ1) is 9.67. The lowest BCUT2D eigenvalue weighted by Crippen LogP contribution is -2.23. The molecule has 20 heavy (non-hydrogen) atoms. The molecule has 1 aliphatic heterocycles. The van der Waals surface area contributed by atoms with Gasteiger partial charge in [-0.15, -0.1) is 0 Å². The van der Waals surface area contributed by atoms with Crippen LogP contribution in [0.2, 0.25) is 0 Å². The Hall–Kier alpha value is -1.52. The van der Waals surface area contributed by atoms with Gasteiger partial charge in [0.25, 0.3) is 0 Å². The monoisotopic (exact) mass is 278 g/mol. The lowest BCUT2D eigenvalue weighted by molar-refractivity contribution is 0.409. The van der Waals surface area contributed by atoms with Crippen molar-refractivity contribution in [3.63, 3.8) is 0 Å². The van der Waals surface area contributed by atoms with Gasteiger partial charge in [-0.3, -0.25) is 0 Å². The van der Waals surface area contributed by atoms with E-state index < -0.39 is 0 Å². The third-order valence-corrected chi connectivity index (χ3v) is 4.00. The van der Waals surface area contributed by atoms with E-state index in [1.807, 2.05) is 0 Å². The molecule has 1 atom stereocenters. The molecule has 1 N–H and O–H groups in total. The van der Waals surface area contributed by atoms with Crippen LogP contribution in [0.5, 0.6) is 5.75 Å². The zero-order valence-corrected chi connectivity index (χ0v) is 13.0.